The van der Waals surface area contributed by atoms with Gasteiger partial charge < -0.3 is 0 Å². The third-order valence-corrected chi connectivity index (χ3v) is 6.14. The van der Waals surface area contributed by atoms with Crippen LogP contribution in [0.2, 0.25) is 0 Å². The molecule has 0 radical (unpaired) electrons. The summed E-state index contributed by atoms with van der Waals surface area (Å²) in [5.41, 5.74) is -0.505. The van der Waals surface area contributed by atoms with E-state index in [1.807, 2.05) is 0 Å². The Labute approximate surface area is 150 Å². The van der Waals surface area contributed by atoms with E-state index in [1.54, 1.807) is 0 Å². The fourth-order valence-electron chi connectivity index (χ4n) is 2.07. The minimum absolute atomic E-state index is 0.0329. The highest BCUT2D eigenvalue weighted by Crippen LogP contribution is 2.33. The molecular weight excluding hydrogens is 389 g/mol. The molecule has 0 aromatic carbocycles. The fraction of sp³-hybridized carbons (Fsp3) is 0.200. The van der Waals surface area contributed by atoms with E-state index in [-0.39, 0.29) is 32.1 Å². The molecule has 0 amide bonds. The summed E-state index contributed by atoms with van der Waals surface area (Å²) in [4.78, 5) is 7.87. The van der Waals surface area contributed by atoms with Crippen LogP contribution in [-0.2, 0) is 16.0 Å². The zero-order chi connectivity index (χ0) is 18.9. The molecule has 0 saturated heterocycles. The van der Waals surface area contributed by atoms with Gasteiger partial charge in [0.05, 0.1) is 16.2 Å². The molecule has 3 rings (SSSR count). The van der Waals surface area contributed by atoms with Crippen molar-refractivity contribution in [2.24, 2.45) is 0 Å². The summed E-state index contributed by atoms with van der Waals surface area (Å²) >= 11 is 1.00. The van der Waals surface area contributed by atoms with Crippen LogP contribution in [0.5, 0.6) is 0 Å². The molecule has 0 atom stereocenters. The second-order valence-corrected chi connectivity index (χ2v) is 8.32. The molecule has 3 heterocycles. The third kappa shape index (κ3) is 3.58. The second kappa shape index (κ2) is 6.72. The largest absolute Gasteiger partial charge is 0.417 e. The number of pyridine rings is 2. The van der Waals surface area contributed by atoms with Crippen LogP contribution in [0.3, 0.4) is 0 Å². The lowest BCUT2D eigenvalue weighted by atomic mass is 10.2. The molecule has 11 heteroatoms. The molecule has 0 fully saturated rings. The van der Waals surface area contributed by atoms with E-state index in [4.69, 9.17) is 0 Å². The van der Waals surface area contributed by atoms with E-state index in [1.165, 1.54) is 31.3 Å². The number of rotatable bonds is 4. The standard InChI is InChI=1S/C15H11F3N4O2S2/c1-2-26(23,24)11-4-3-7-19-12(11)14-22-21-13(25-14)10-6-5-9(8-20-10)15(16,17)18/h3-8H,2H2,1H3. The van der Waals surface area contributed by atoms with Crippen LogP contribution in [-0.4, -0.2) is 34.3 Å². The minimum Gasteiger partial charge on any atom is -0.253 e. The summed E-state index contributed by atoms with van der Waals surface area (Å²) < 4.78 is 62.2. The smallest absolute Gasteiger partial charge is 0.253 e. The van der Waals surface area contributed by atoms with Crippen LogP contribution in [0.15, 0.2) is 41.6 Å². The van der Waals surface area contributed by atoms with Crippen molar-refractivity contribution in [1.29, 1.82) is 0 Å². The van der Waals surface area contributed by atoms with Gasteiger partial charge in [0.1, 0.15) is 11.4 Å². The molecule has 0 saturated carbocycles. The molecular formula is C15H11F3N4O2S2. The van der Waals surface area contributed by atoms with Gasteiger partial charge in [-0.05, 0) is 24.3 Å². The van der Waals surface area contributed by atoms with Crippen molar-refractivity contribution in [3.63, 3.8) is 0 Å². The Hall–Kier alpha value is -2.40. The summed E-state index contributed by atoms with van der Waals surface area (Å²) in [6.45, 7) is 1.52. The highest BCUT2D eigenvalue weighted by Gasteiger charge is 2.31. The quantitative estimate of drug-likeness (QED) is 0.667. The molecule has 0 spiro atoms. The average Bonchev–Trinajstić information content (AvgIpc) is 3.11. The van der Waals surface area contributed by atoms with Gasteiger partial charge in [-0.2, -0.15) is 13.2 Å². The Morgan fingerprint density at radius 3 is 2.42 bits per heavy atom. The van der Waals surface area contributed by atoms with E-state index in [0.717, 1.165) is 17.4 Å². The van der Waals surface area contributed by atoms with Gasteiger partial charge in [-0.1, -0.05) is 18.3 Å². The number of alkyl halides is 3. The normalized spacial score (nSPS) is 12.3. The summed E-state index contributed by atoms with van der Waals surface area (Å²) in [6.07, 6.45) is -2.33. The molecule has 3 aromatic heterocycles. The molecule has 0 bridgehead atoms. The van der Waals surface area contributed by atoms with Crippen molar-refractivity contribution < 1.29 is 21.6 Å². The lowest BCUT2D eigenvalue weighted by Gasteiger charge is -2.05. The van der Waals surface area contributed by atoms with Gasteiger partial charge in [-0.3, -0.25) is 9.97 Å². The van der Waals surface area contributed by atoms with Crippen LogP contribution >= 0.6 is 11.3 Å². The van der Waals surface area contributed by atoms with Crippen molar-refractivity contribution in [3.05, 3.63) is 42.2 Å². The summed E-state index contributed by atoms with van der Waals surface area (Å²) in [5.74, 6) is -0.0994. The number of nitrogens with zero attached hydrogens (tertiary/aromatic N) is 4. The predicted molar refractivity (Wildman–Crippen MR) is 89.1 cm³/mol. The van der Waals surface area contributed by atoms with Crippen LogP contribution in [0.1, 0.15) is 12.5 Å². The van der Waals surface area contributed by atoms with E-state index in [9.17, 15) is 21.6 Å². The lowest BCUT2D eigenvalue weighted by molar-refractivity contribution is -0.137. The van der Waals surface area contributed by atoms with Crippen LogP contribution in [0, 0.1) is 0 Å². The Morgan fingerprint density at radius 2 is 1.81 bits per heavy atom. The third-order valence-electron chi connectivity index (χ3n) is 3.42. The van der Waals surface area contributed by atoms with Crippen LogP contribution in [0.4, 0.5) is 13.2 Å². The molecule has 0 aliphatic carbocycles. The summed E-state index contributed by atoms with van der Waals surface area (Å²) in [6, 6.07) is 5.02. The SMILES string of the molecule is CCS(=O)(=O)c1cccnc1-c1nnc(-c2ccc(C(F)(F)F)cn2)s1. The zero-order valence-electron chi connectivity index (χ0n) is 13.2. The van der Waals surface area contributed by atoms with E-state index in [0.29, 0.717) is 6.20 Å². The first-order valence-electron chi connectivity index (χ1n) is 7.27. The molecule has 136 valence electrons. The first-order valence-corrected chi connectivity index (χ1v) is 9.74. The van der Waals surface area contributed by atoms with Gasteiger partial charge in [0.25, 0.3) is 0 Å². The summed E-state index contributed by atoms with van der Waals surface area (Å²) in [5, 5.41) is 8.32. The maximum Gasteiger partial charge on any atom is 0.417 e. The van der Waals surface area contributed by atoms with E-state index >= 15 is 0 Å². The topological polar surface area (TPSA) is 85.7 Å². The minimum atomic E-state index is -4.48. The monoisotopic (exact) mass is 400 g/mol. The van der Waals surface area contributed by atoms with Gasteiger partial charge in [-0.15, -0.1) is 10.2 Å². The number of halogens is 3. The van der Waals surface area contributed by atoms with Gasteiger partial charge >= 0.3 is 6.18 Å². The highest BCUT2D eigenvalue weighted by molar-refractivity contribution is 7.91. The Balaban J connectivity index is 2.00. The van der Waals surface area contributed by atoms with Crippen LogP contribution < -0.4 is 0 Å². The Kier molecular flexibility index (Phi) is 4.76. The highest BCUT2D eigenvalue weighted by atomic mass is 32.2. The molecule has 0 aliphatic heterocycles. The lowest BCUT2D eigenvalue weighted by Crippen LogP contribution is -2.06. The maximum absolute atomic E-state index is 12.6. The van der Waals surface area contributed by atoms with Gasteiger partial charge in [-0.25, -0.2) is 8.42 Å². The first-order chi connectivity index (χ1) is 12.2. The first kappa shape index (κ1) is 18.4. The molecule has 0 N–H and O–H groups in total. The Morgan fingerprint density at radius 1 is 1.08 bits per heavy atom. The van der Waals surface area contributed by atoms with Crippen molar-refractivity contribution in [2.45, 2.75) is 18.0 Å². The van der Waals surface area contributed by atoms with Crippen molar-refractivity contribution in [1.82, 2.24) is 20.2 Å². The number of hydrogen-bond donors (Lipinski definition) is 0. The molecule has 3 aromatic rings. The summed E-state index contributed by atoms with van der Waals surface area (Å²) in [7, 11) is -3.52. The fourth-order valence-corrected chi connectivity index (χ4v) is 4.00. The zero-order valence-corrected chi connectivity index (χ0v) is 14.9. The van der Waals surface area contributed by atoms with Crippen molar-refractivity contribution in [3.8, 4) is 21.4 Å². The molecule has 0 unspecified atom stereocenters. The van der Waals surface area contributed by atoms with E-state index < -0.39 is 21.6 Å². The number of sulfone groups is 1. The van der Waals surface area contributed by atoms with Gasteiger partial charge in [0.15, 0.2) is 19.9 Å². The Bertz CT molecular complexity index is 1030. The molecule has 6 nitrogen and oxygen atoms in total. The van der Waals surface area contributed by atoms with Crippen LogP contribution in [0.25, 0.3) is 21.4 Å². The van der Waals surface area contributed by atoms with Crippen molar-refractivity contribution >= 4 is 21.2 Å². The van der Waals surface area contributed by atoms with E-state index in [2.05, 4.69) is 20.2 Å². The van der Waals surface area contributed by atoms with Gasteiger partial charge in [0.2, 0.25) is 0 Å². The maximum atomic E-state index is 12.6. The molecule has 26 heavy (non-hydrogen) atoms. The second-order valence-electron chi connectivity index (χ2n) is 5.10. The number of hydrogen-bond acceptors (Lipinski definition) is 7. The van der Waals surface area contributed by atoms with Crippen molar-refractivity contribution in [2.75, 3.05) is 5.75 Å². The average molecular weight is 400 g/mol. The molecule has 0 aliphatic rings. The predicted octanol–water partition coefficient (Wildman–Crippen LogP) is 3.47. The number of aromatic nitrogens is 4. The van der Waals surface area contributed by atoms with Gasteiger partial charge in [0, 0.05) is 12.4 Å².